The summed E-state index contributed by atoms with van der Waals surface area (Å²) in [5.41, 5.74) is 1.99. The van der Waals surface area contributed by atoms with Gasteiger partial charge < -0.3 is 14.6 Å². The van der Waals surface area contributed by atoms with Gasteiger partial charge in [-0.25, -0.2) is 0 Å². The van der Waals surface area contributed by atoms with E-state index in [0.29, 0.717) is 13.0 Å². The van der Waals surface area contributed by atoms with Crippen LogP contribution in [-0.4, -0.2) is 24.3 Å². The smallest absolute Gasteiger partial charge is 0.309 e. The van der Waals surface area contributed by atoms with E-state index in [4.69, 9.17) is 9.47 Å². The van der Waals surface area contributed by atoms with Crippen LogP contribution in [0.2, 0.25) is 0 Å². The monoisotopic (exact) mass is 314 g/mol. The summed E-state index contributed by atoms with van der Waals surface area (Å²) >= 11 is 0. The number of carboxylic acid groups (broad SMARTS) is 1. The second-order valence-corrected chi connectivity index (χ2v) is 5.50. The topological polar surface area (TPSA) is 55.8 Å². The predicted octanol–water partition coefficient (Wildman–Crippen LogP) is 3.54. The quantitative estimate of drug-likeness (QED) is 0.809. The molecule has 0 aromatic heterocycles. The maximum Gasteiger partial charge on any atom is 0.309 e. The van der Waals surface area contributed by atoms with Gasteiger partial charge in [0, 0.05) is 0 Å². The number of carbonyl (C=O) groups is 1. The van der Waals surface area contributed by atoms with E-state index in [1.165, 1.54) is 0 Å². The molecule has 23 heavy (non-hydrogen) atoms. The van der Waals surface area contributed by atoms with Crippen molar-refractivity contribution in [1.29, 1.82) is 0 Å². The minimum Gasteiger partial charge on any atom is -0.497 e. The lowest BCUT2D eigenvalue weighted by atomic mass is 9.95. The summed E-state index contributed by atoms with van der Waals surface area (Å²) in [5.74, 6) is -0.624. The van der Waals surface area contributed by atoms with Crippen LogP contribution in [0.4, 0.5) is 0 Å². The van der Waals surface area contributed by atoms with Gasteiger partial charge in [-0.3, -0.25) is 4.79 Å². The van der Waals surface area contributed by atoms with Gasteiger partial charge in [0.15, 0.2) is 0 Å². The highest BCUT2D eigenvalue weighted by Gasteiger charge is 2.25. The normalized spacial score (nSPS) is 13.3. The summed E-state index contributed by atoms with van der Waals surface area (Å²) in [6.07, 6.45) is 0.0785. The maximum absolute atomic E-state index is 11.5. The highest BCUT2D eigenvalue weighted by molar-refractivity contribution is 5.71. The first kappa shape index (κ1) is 17.0. The summed E-state index contributed by atoms with van der Waals surface area (Å²) < 4.78 is 10.9. The fraction of sp³-hybridized carbons (Fsp3) is 0.316. The summed E-state index contributed by atoms with van der Waals surface area (Å²) in [5, 5.41) is 9.47. The molecule has 2 aromatic rings. The molecule has 2 atom stereocenters. The molecule has 0 heterocycles. The number of methoxy groups -OCH3 is 1. The second-order valence-electron chi connectivity index (χ2n) is 5.50. The SMILES string of the molecule is COc1ccc(COC(C)C(Cc2ccccc2)C(=O)O)cc1. The van der Waals surface area contributed by atoms with Crippen LogP contribution >= 0.6 is 0 Å². The van der Waals surface area contributed by atoms with Gasteiger partial charge in [-0.1, -0.05) is 42.5 Å². The first-order chi connectivity index (χ1) is 11.1. The van der Waals surface area contributed by atoms with E-state index in [-0.39, 0.29) is 6.10 Å². The minimum absolute atomic E-state index is 0.379. The Balaban J connectivity index is 1.95. The van der Waals surface area contributed by atoms with E-state index in [2.05, 4.69) is 0 Å². The van der Waals surface area contributed by atoms with Crippen molar-refractivity contribution in [2.45, 2.75) is 26.1 Å². The van der Waals surface area contributed by atoms with Gasteiger partial charge in [-0.2, -0.15) is 0 Å². The first-order valence-corrected chi connectivity index (χ1v) is 7.61. The van der Waals surface area contributed by atoms with Gasteiger partial charge in [0.1, 0.15) is 5.75 Å². The molecule has 0 bridgehead atoms. The number of benzene rings is 2. The Morgan fingerprint density at radius 3 is 2.26 bits per heavy atom. The van der Waals surface area contributed by atoms with Gasteiger partial charge in [0.2, 0.25) is 0 Å². The molecule has 0 aliphatic carbocycles. The van der Waals surface area contributed by atoms with Crippen molar-refractivity contribution in [3.63, 3.8) is 0 Å². The minimum atomic E-state index is -0.837. The van der Waals surface area contributed by atoms with Crippen molar-refractivity contribution >= 4 is 5.97 Å². The van der Waals surface area contributed by atoms with Crippen LogP contribution in [0.25, 0.3) is 0 Å². The molecule has 0 saturated heterocycles. The maximum atomic E-state index is 11.5. The van der Waals surface area contributed by atoms with E-state index >= 15 is 0 Å². The third kappa shape index (κ3) is 5.11. The Labute approximate surface area is 136 Å². The van der Waals surface area contributed by atoms with Gasteiger partial charge >= 0.3 is 5.97 Å². The molecule has 0 amide bonds. The molecule has 2 rings (SSSR count). The molecule has 0 spiro atoms. The van der Waals surface area contributed by atoms with Gasteiger partial charge in [0.05, 0.1) is 25.7 Å². The molecule has 0 fully saturated rings. The van der Waals surface area contributed by atoms with Gasteiger partial charge in [-0.15, -0.1) is 0 Å². The molecule has 2 aromatic carbocycles. The zero-order valence-corrected chi connectivity index (χ0v) is 13.4. The molecule has 4 nitrogen and oxygen atoms in total. The lowest BCUT2D eigenvalue weighted by molar-refractivity contribution is -0.147. The van der Waals surface area contributed by atoms with Gasteiger partial charge in [0.25, 0.3) is 0 Å². The van der Waals surface area contributed by atoms with E-state index in [1.807, 2.05) is 61.5 Å². The summed E-state index contributed by atoms with van der Waals surface area (Å²) in [6, 6.07) is 17.2. The third-order valence-electron chi connectivity index (χ3n) is 3.85. The van der Waals surface area contributed by atoms with Crippen LogP contribution in [0, 0.1) is 5.92 Å². The summed E-state index contributed by atoms with van der Waals surface area (Å²) in [4.78, 5) is 11.5. The predicted molar refractivity (Wildman–Crippen MR) is 88.5 cm³/mol. The fourth-order valence-corrected chi connectivity index (χ4v) is 2.39. The molecule has 0 aliphatic heterocycles. The Bertz CT molecular complexity index is 607. The second kappa shape index (κ2) is 8.34. The van der Waals surface area contributed by atoms with Crippen molar-refractivity contribution < 1.29 is 19.4 Å². The van der Waals surface area contributed by atoms with E-state index in [0.717, 1.165) is 16.9 Å². The first-order valence-electron chi connectivity index (χ1n) is 7.61. The molecule has 2 unspecified atom stereocenters. The molecule has 0 aliphatic rings. The number of aliphatic carboxylic acids is 1. The van der Waals surface area contributed by atoms with Crippen LogP contribution in [0.5, 0.6) is 5.75 Å². The summed E-state index contributed by atoms with van der Waals surface area (Å²) in [6.45, 7) is 2.19. The standard InChI is InChI=1S/C19H22O4/c1-14(23-13-16-8-10-17(22-2)11-9-16)18(19(20)21)12-15-6-4-3-5-7-15/h3-11,14,18H,12-13H2,1-2H3,(H,20,21). The Morgan fingerprint density at radius 2 is 1.70 bits per heavy atom. The molecule has 4 heteroatoms. The zero-order valence-electron chi connectivity index (χ0n) is 13.4. The van der Waals surface area contributed by atoms with E-state index < -0.39 is 11.9 Å². The van der Waals surface area contributed by atoms with Crippen molar-refractivity contribution in [2.75, 3.05) is 7.11 Å². The Kier molecular flexibility index (Phi) is 6.18. The van der Waals surface area contributed by atoms with Gasteiger partial charge in [-0.05, 0) is 36.6 Å². The average molecular weight is 314 g/mol. The molecule has 0 saturated carbocycles. The van der Waals surface area contributed by atoms with Crippen LogP contribution < -0.4 is 4.74 Å². The van der Waals surface area contributed by atoms with Crippen LogP contribution in [0.1, 0.15) is 18.1 Å². The van der Waals surface area contributed by atoms with Crippen molar-refractivity contribution in [3.8, 4) is 5.75 Å². The number of hydrogen-bond acceptors (Lipinski definition) is 3. The van der Waals surface area contributed by atoms with Crippen molar-refractivity contribution in [2.24, 2.45) is 5.92 Å². The van der Waals surface area contributed by atoms with Crippen LogP contribution in [0.3, 0.4) is 0 Å². The molecule has 0 radical (unpaired) electrons. The summed E-state index contributed by atoms with van der Waals surface area (Å²) in [7, 11) is 1.62. The molecular formula is C19H22O4. The molecule has 1 N–H and O–H groups in total. The van der Waals surface area contributed by atoms with Crippen LogP contribution in [0.15, 0.2) is 54.6 Å². The molecular weight excluding hydrogens is 292 g/mol. The molecule has 122 valence electrons. The largest absolute Gasteiger partial charge is 0.497 e. The van der Waals surface area contributed by atoms with Crippen molar-refractivity contribution in [1.82, 2.24) is 0 Å². The Morgan fingerprint density at radius 1 is 1.04 bits per heavy atom. The number of rotatable bonds is 8. The average Bonchev–Trinajstić information content (AvgIpc) is 2.58. The Hall–Kier alpha value is -2.33. The lowest BCUT2D eigenvalue weighted by Crippen LogP contribution is -2.30. The third-order valence-corrected chi connectivity index (χ3v) is 3.85. The van der Waals surface area contributed by atoms with E-state index in [9.17, 15) is 9.90 Å². The lowest BCUT2D eigenvalue weighted by Gasteiger charge is -2.21. The fourth-order valence-electron chi connectivity index (χ4n) is 2.39. The number of carboxylic acids is 1. The van der Waals surface area contributed by atoms with Crippen molar-refractivity contribution in [3.05, 3.63) is 65.7 Å². The zero-order chi connectivity index (χ0) is 16.7. The number of hydrogen-bond donors (Lipinski definition) is 1. The number of ether oxygens (including phenoxy) is 2. The van der Waals surface area contributed by atoms with Crippen LogP contribution in [-0.2, 0) is 22.6 Å². The van der Waals surface area contributed by atoms with E-state index in [1.54, 1.807) is 7.11 Å². The highest BCUT2D eigenvalue weighted by Crippen LogP contribution is 2.18. The highest BCUT2D eigenvalue weighted by atomic mass is 16.5.